The molecule has 0 atom stereocenters. The van der Waals surface area contributed by atoms with Gasteiger partial charge in [0.05, 0.1) is 18.1 Å². The van der Waals surface area contributed by atoms with Gasteiger partial charge in [0, 0.05) is 49.4 Å². The van der Waals surface area contributed by atoms with Crippen LogP contribution < -0.4 is 5.32 Å². The lowest BCUT2D eigenvalue weighted by Gasteiger charge is -2.26. The molecule has 0 bridgehead atoms. The lowest BCUT2D eigenvalue weighted by atomic mass is 10.2. The Morgan fingerprint density at radius 1 is 1.07 bits per heavy atom. The largest absolute Gasteiger partial charge is 0.381 e. The molecule has 1 amide bonds. The summed E-state index contributed by atoms with van der Waals surface area (Å²) in [4.78, 5) is 12.4. The van der Waals surface area contributed by atoms with Crippen molar-refractivity contribution < 1.29 is 22.7 Å². The van der Waals surface area contributed by atoms with E-state index in [1.807, 2.05) is 11.8 Å². The van der Waals surface area contributed by atoms with Crippen molar-refractivity contribution in [3.05, 3.63) is 29.8 Å². The summed E-state index contributed by atoms with van der Waals surface area (Å²) in [6.45, 7) is 3.77. The molecule has 1 N–H and O–H groups in total. The van der Waals surface area contributed by atoms with Crippen LogP contribution in [0.2, 0.25) is 0 Å². The third-order valence-electron chi connectivity index (χ3n) is 4.63. The molecule has 2 fully saturated rings. The molecule has 0 aromatic heterocycles. The van der Waals surface area contributed by atoms with Crippen LogP contribution in [0.15, 0.2) is 29.2 Å². The first-order chi connectivity index (χ1) is 13.1. The van der Waals surface area contributed by atoms with Crippen molar-refractivity contribution in [1.29, 1.82) is 0 Å². The maximum absolute atomic E-state index is 12.6. The van der Waals surface area contributed by atoms with Crippen LogP contribution in [0, 0.1) is 0 Å². The number of thioether (sulfide) groups is 1. The van der Waals surface area contributed by atoms with Gasteiger partial charge in [-0.2, -0.15) is 16.1 Å². The van der Waals surface area contributed by atoms with E-state index in [1.54, 1.807) is 12.1 Å². The lowest BCUT2D eigenvalue weighted by Crippen LogP contribution is -2.40. The van der Waals surface area contributed by atoms with Crippen molar-refractivity contribution in [3.63, 3.8) is 0 Å². The minimum atomic E-state index is -3.53. The molecule has 9 heteroatoms. The number of hydrogen-bond acceptors (Lipinski definition) is 6. The number of sulfonamides is 1. The van der Waals surface area contributed by atoms with Crippen molar-refractivity contribution in [1.82, 2.24) is 9.62 Å². The van der Waals surface area contributed by atoms with Crippen LogP contribution in [-0.2, 0) is 19.5 Å². The number of amides is 1. The summed E-state index contributed by atoms with van der Waals surface area (Å²) in [5, 5.41) is 3.50. The van der Waals surface area contributed by atoms with Crippen LogP contribution in [0.4, 0.5) is 0 Å². The van der Waals surface area contributed by atoms with Crippen LogP contribution in [0.25, 0.3) is 0 Å². The second-order valence-corrected chi connectivity index (χ2v) is 9.83. The summed E-state index contributed by atoms with van der Waals surface area (Å²) < 4.78 is 37.1. The molecular weight excluding hydrogens is 388 g/mol. The minimum absolute atomic E-state index is 0.183. The molecule has 7 nitrogen and oxygen atoms in total. The molecule has 2 aliphatic rings. The van der Waals surface area contributed by atoms with Crippen molar-refractivity contribution in [2.24, 2.45) is 0 Å². The van der Waals surface area contributed by atoms with Gasteiger partial charge in [0.1, 0.15) is 0 Å². The zero-order chi connectivity index (χ0) is 19.1. The summed E-state index contributed by atoms with van der Waals surface area (Å²) in [7, 11) is -3.53. The van der Waals surface area contributed by atoms with E-state index in [4.69, 9.17) is 9.47 Å². The summed E-state index contributed by atoms with van der Waals surface area (Å²) >= 11 is 1.87. The number of morpholine rings is 1. The molecule has 150 valence electrons. The fourth-order valence-corrected chi connectivity index (χ4v) is 5.54. The highest BCUT2D eigenvalue weighted by Gasteiger charge is 2.26. The SMILES string of the molecule is O=C(NCCSC1CCOCC1)c1ccc(S(=O)(=O)N2CCOCC2)cc1. The molecule has 2 aliphatic heterocycles. The first-order valence-corrected chi connectivity index (χ1v) is 11.7. The Balaban J connectivity index is 1.48. The zero-order valence-corrected chi connectivity index (χ0v) is 16.9. The second-order valence-electron chi connectivity index (χ2n) is 6.48. The number of nitrogens with zero attached hydrogens (tertiary/aromatic N) is 1. The topological polar surface area (TPSA) is 84.9 Å². The van der Waals surface area contributed by atoms with E-state index in [-0.39, 0.29) is 10.8 Å². The zero-order valence-electron chi connectivity index (χ0n) is 15.3. The normalized spacial score (nSPS) is 19.7. The number of ether oxygens (including phenoxy) is 2. The first kappa shape index (κ1) is 20.6. The highest BCUT2D eigenvalue weighted by atomic mass is 32.2. The molecule has 2 heterocycles. The van der Waals surface area contributed by atoms with Crippen molar-refractivity contribution in [3.8, 4) is 0 Å². The van der Waals surface area contributed by atoms with Crippen LogP contribution >= 0.6 is 11.8 Å². The van der Waals surface area contributed by atoms with E-state index in [0.717, 1.165) is 31.8 Å². The number of benzene rings is 1. The van der Waals surface area contributed by atoms with E-state index in [1.165, 1.54) is 16.4 Å². The Hall–Kier alpha value is -1.13. The van der Waals surface area contributed by atoms with Gasteiger partial charge in [0.15, 0.2) is 0 Å². The van der Waals surface area contributed by atoms with Crippen molar-refractivity contribution >= 4 is 27.7 Å². The van der Waals surface area contributed by atoms with Crippen LogP contribution in [0.3, 0.4) is 0 Å². The number of nitrogens with one attached hydrogen (secondary N) is 1. The van der Waals surface area contributed by atoms with Crippen LogP contribution in [0.1, 0.15) is 23.2 Å². The Bertz CT molecular complexity index is 712. The molecule has 3 rings (SSSR count). The standard InChI is InChI=1S/C18H26N2O5S2/c21-18(19-7-14-26-16-5-10-24-11-6-16)15-1-3-17(4-2-15)27(22,23)20-8-12-25-13-9-20/h1-4,16H,5-14H2,(H,19,21). The Morgan fingerprint density at radius 2 is 1.70 bits per heavy atom. The molecule has 27 heavy (non-hydrogen) atoms. The molecule has 2 saturated heterocycles. The van der Waals surface area contributed by atoms with Gasteiger partial charge in [0.2, 0.25) is 10.0 Å². The Morgan fingerprint density at radius 3 is 2.37 bits per heavy atom. The quantitative estimate of drug-likeness (QED) is 0.678. The average Bonchev–Trinajstić information content (AvgIpc) is 2.72. The van der Waals surface area contributed by atoms with Crippen LogP contribution in [-0.4, -0.2) is 75.7 Å². The van der Waals surface area contributed by atoms with Gasteiger partial charge < -0.3 is 14.8 Å². The van der Waals surface area contributed by atoms with Gasteiger partial charge in [-0.3, -0.25) is 4.79 Å². The highest BCUT2D eigenvalue weighted by molar-refractivity contribution is 7.99. The Kier molecular flexibility index (Phi) is 7.54. The van der Waals surface area contributed by atoms with Gasteiger partial charge in [-0.15, -0.1) is 0 Å². The highest BCUT2D eigenvalue weighted by Crippen LogP contribution is 2.21. The van der Waals surface area contributed by atoms with E-state index in [9.17, 15) is 13.2 Å². The lowest BCUT2D eigenvalue weighted by molar-refractivity contribution is 0.0730. The number of rotatable bonds is 7. The molecule has 1 aromatic carbocycles. The summed E-state index contributed by atoms with van der Waals surface area (Å²) in [5.41, 5.74) is 0.465. The predicted molar refractivity (Wildman–Crippen MR) is 105 cm³/mol. The van der Waals surface area contributed by atoms with E-state index >= 15 is 0 Å². The third kappa shape index (κ3) is 5.68. The molecule has 0 unspecified atom stereocenters. The summed E-state index contributed by atoms with van der Waals surface area (Å²) in [5.74, 6) is 0.679. The molecular formula is C18H26N2O5S2. The number of carbonyl (C=O) groups excluding carboxylic acids is 1. The van der Waals surface area contributed by atoms with Gasteiger partial charge in [-0.05, 0) is 37.1 Å². The van der Waals surface area contributed by atoms with Crippen molar-refractivity contribution in [2.45, 2.75) is 23.0 Å². The summed E-state index contributed by atoms with van der Waals surface area (Å²) in [6.07, 6.45) is 2.13. The van der Waals surface area contributed by atoms with Crippen LogP contribution in [0.5, 0.6) is 0 Å². The minimum Gasteiger partial charge on any atom is -0.381 e. The monoisotopic (exact) mass is 414 g/mol. The summed E-state index contributed by atoms with van der Waals surface area (Å²) in [6, 6.07) is 6.12. The fraction of sp³-hybridized carbons (Fsp3) is 0.611. The van der Waals surface area contributed by atoms with Gasteiger partial charge in [-0.25, -0.2) is 8.42 Å². The third-order valence-corrected chi connectivity index (χ3v) is 7.93. The Labute approximate surface area is 164 Å². The van der Waals surface area contributed by atoms with Gasteiger partial charge >= 0.3 is 0 Å². The van der Waals surface area contributed by atoms with Gasteiger partial charge in [-0.1, -0.05) is 0 Å². The molecule has 1 aromatic rings. The fourth-order valence-electron chi connectivity index (χ4n) is 3.05. The molecule has 0 radical (unpaired) electrons. The smallest absolute Gasteiger partial charge is 0.251 e. The second kappa shape index (κ2) is 9.88. The average molecular weight is 415 g/mol. The number of carbonyl (C=O) groups is 1. The molecule has 0 aliphatic carbocycles. The van der Waals surface area contributed by atoms with Crippen molar-refractivity contribution in [2.75, 3.05) is 51.8 Å². The molecule has 0 saturated carbocycles. The van der Waals surface area contributed by atoms with Gasteiger partial charge in [0.25, 0.3) is 5.91 Å². The first-order valence-electron chi connectivity index (χ1n) is 9.23. The maximum atomic E-state index is 12.6. The molecule has 0 spiro atoms. The van der Waals surface area contributed by atoms with E-state index in [2.05, 4.69) is 5.32 Å². The van der Waals surface area contributed by atoms with E-state index < -0.39 is 10.0 Å². The number of hydrogen-bond donors (Lipinski definition) is 1. The maximum Gasteiger partial charge on any atom is 0.251 e. The van der Waals surface area contributed by atoms with E-state index in [0.29, 0.717) is 43.7 Å². The predicted octanol–water partition coefficient (Wildman–Crippen LogP) is 1.35.